The second-order valence-electron chi connectivity index (χ2n) is 5.01. The Hall–Kier alpha value is -2.22. The zero-order valence-electron chi connectivity index (χ0n) is 10.3. The SMILES string of the molecule is CC1(C)CC(=O)N(Cc2ccnc(C#N)c2)C1=O. The molecular weight excluding hydrogens is 230 g/mol. The molecule has 1 aromatic rings. The molecular formula is C13H13N3O2. The van der Waals surface area contributed by atoms with Gasteiger partial charge >= 0.3 is 0 Å². The topological polar surface area (TPSA) is 74.1 Å². The van der Waals surface area contributed by atoms with E-state index in [0.29, 0.717) is 0 Å². The van der Waals surface area contributed by atoms with Gasteiger partial charge in [0.25, 0.3) is 0 Å². The van der Waals surface area contributed by atoms with Crippen molar-refractivity contribution in [3.05, 3.63) is 29.6 Å². The van der Waals surface area contributed by atoms with Crippen LogP contribution in [0.1, 0.15) is 31.5 Å². The highest BCUT2D eigenvalue weighted by atomic mass is 16.2. The highest BCUT2D eigenvalue weighted by molar-refractivity contribution is 6.05. The summed E-state index contributed by atoms with van der Waals surface area (Å²) in [6.07, 6.45) is 1.74. The van der Waals surface area contributed by atoms with Gasteiger partial charge in [0.1, 0.15) is 11.8 Å². The number of hydrogen-bond donors (Lipinski definition) is 0. The van der Waals surface area contributed by atoms with Crippen LogP contribution in [0.5, 0.6) is 0 Å². The van der Waals surface area contributed by atoms with Crippen LogP contribution in [0, 0.1) is 16.7 Å². The first-order valence-electron chi connectivity index (χ1n) is 5.64. The van der Waals surface area contributed by atoms with Crippen molar-refractivity contribution >= 4 is 11.8 Å². The summed E-state index contributed by atoms with van der Waals surface area (Å²) in [5.41, 5.74) is 0.397. The normalized spacial score (nSPS) is 17.9. The minimum absolute atomic E-state index is 0.164. The van der Waals surface area contributed by atoms with E-state index in [9.17, 15) is 9.59 Å². The Bertz CT molecular complexity index is 558. The van der Waals surface area contributed by atoms with Gasteiger partial charge in [-0.1, -0.05) is 13.8 Å². The fraction of sp³-hybridized carbons (Fsp3) is 0.385. The quantitative estimate of drug-likeness (QED) is 0.732. The van der Waals surface area contributed by atoms with Crippen LogP contribution in [-0.2, 0) is 16.1 Å². The van der Waals surface area contributed by atoms with Crippen LogP contribution in [0.2, 0.25) is 0 Å². The average Bonchev–Trinajstić information content (AvgIpc) is 2.52. The lowest BCUT2D eigenvalue weighted by Crippen LogP contribution is -2.32. The Morgan fingerprint density at radius 3 is 2.78 bits per heavy atom. The predicted octanol–water partition coefficient (Wildman–Crippen LogP) is 1.24. The maximum atomic E-state index is 12.0. The summed E-state index contributed by atoms with van der Waals surface area (Å²) < 4.78 is 0. The Morgan fingerprint density at radius 1 is 1.50 bits per heavy atom. The molecule has 1 fully saturated rings. The van der Waals surface area contributed by atoms with Crippen LogP contribution >= 0.6 is 0 Å². The number of nitrogens with zero attached hydrogens (tertiary/aromatic N) is 3. The zero-order chi connectivity index (χ0) is 13.3. The van der Waals surface area contributed by atoms with E-state index in [2.05, 4.69) is 4.98 Å². The molecule has 1 aromatic heterocycles. The summed E-state index contributed by atoms with van der Waals surface area (Å²) in [7, 11) is 0. The third-order valence-corrected chi connectivity index (χ3v) is 3.00. The number of nitriles is 1. The third-order valence-electron chi connectivity index (χ3n) is 3.00. The van der Waals surface area contributed by atoms with Crippen LogP contribution in [0.25, 0.3) is 0 Å². The largest absolute Gasteiger partial charge is 0.278 e. The molecule has 18 heavy (non-hydrogen) atoms. The molecule has 0 N–H and O–H groups in total. The third kappa shape index (κ3) is 2.09. The van der Waals surface area contributed by atoms with Crippen molar-refractivity contribution in [2.75, 3.05) is 0 Å². The van der Waals surface area contributed by atoms with Crippen LogP contribution in [0.4, 0.5) is 0 Å². The average molecular weight is 243 g/mol. The molecule has 0 saturated carbocycles. The van der Waals surface area contributed by atoms with Crippen LogP contribution < -0.4 is 0 Å². The van der Waals surface area contributed by atoms with Gasteiger partial charge in [-0.25, -0.2) is 4.98 Å². The molecule has 0 bridgehead atoms. The fourth-order valence-corrected chi connectivity index (χ4v) is 2.00. The van der Waals surface area contributed by atoms with Gasteiger partial charge in [0.15, 0.2) is 0 Å². The number of likely N-dealkylation sites (tertiary alicyclic amines) is 1. The van der Waals surface area contributed by atoms with Gasteiger partial charge in [-0.15, -0.1) is 0 Å². The molecule has 5 heteroatoms. The number of amides is 2. The number of rotatable bonds is 2. The molecule has 1 aliphatic rings. The van der Waals surface area contributed by atoms with E-state index in [-0.39, 0.29) is 30.5 Å². The van der Waals surface area contributed by atoms with E-state index < -0.39 is 5.41 Å². The van der Waals surface area contributed by atoms with E-state index in [1.807, 2.05) is 6.07 Å². The maximum absolute atomic E-state index is 12.0. The van der Waals surface area contributed by atoms with Crippen molar-refractivity contribution in [2.24, 2.45) is 5.41 Å². The van der Waals surface area contributed by atoms with E-state index in [0.717, 1.165) is 5.56 Å². The van der Waals surface area contributed by atoms with Crippen LogP contribution in [-0.4, -0.2) is 21.7 Å². The number of pyridine rings is 1. The number of carbonyl (C=O) groups excluding carboxylic acids is 2. The van der Waals surface area contributed by atoms with Crippen molar-refractivity contribution in [1.82, 2.24) is 9.88 Å². The van der Waals surface area contributed by atoms with Gasteiger partial charge in [0, 0.05) is 12.6 Å². The molecule has 2 amide bonds. The molecule has 92 valence electrons. The van der Waals surface area contributed by atoms with Gasteiger partial charge in [-0.2, -0.15) is 5.26 Å². The molecule has 0 radical (unpaired) electrons. The number of carbonyl (C=O) groups is 2. The minimum Gasteiger partial charge on any atom is -0.278 e. The maximum Gasteiger partial charge on any atom is 0.235 e. The van der Waals surface area contributed by atoms with E-state index in [1.165, 1.54) is 11.1 Å². The smallest absolute Gasteiger partial charge is 0.235 e. The van der Waals surface area contributed by atoms with Crippen LogP contribution in [0.15, 0.2) is 18.3 Å². The van der Waals surface area contributed by atoms with Crippen molar-refractivity contribution < 1.29 is 9.59 Å². The summed E-state index contributed by atoms with van der Waals surface area (Å²) in [4.78, 5) is 28.9. The molecule has 0 aromatic carbocycles. The molecule has 0 atom stereocenters. The molecule has 1 saturated heterocycles. The predicted molar refractivity (Wildman–Crippen MR) is 62.9 cm³/mol. The molecule has 5 nitrogen and oxygen atoms in total. The Morgan fingerprint density at radius 2 is 2.22 bits per heavy atom. The Balaban J connectivity index is 2.22. The minimum atomic E-state index is -0.623. The van der Waals surface area contributed by atoms with Crippen molar-refractivity contribution in [3.63, 3.8) is 0 Å². The second kappa shape index (κ2) is 4.22. The molecule has 2 heterocycles. The lowest BCUT2D eigenvalue weighted by Gasteiger charge is -2.17. The number of hydrogen-bond acceptors (Lipinski definition) is 4. The van der Waals surface area contributed by atoms with Crippen molar-refractivity contribution in [2.45, 2.75) is 26.8 Å². The highest BCUT2D eigenvalue weighted by Gasteiger charge is 2.44. The van der Waals surface area contributed by atoms with Crippen molar-refractivity contribution in [3.8, 4) is 6.07 Å². The first-order chi connectivity index (χ1) is 8.44. The van der Waals surface area contributed by atoms with Gasteiger partial charge in [0.2, 0.25) is 11.8 Å². The van der Waals surface area contributed by atoms with E-state index in [1.54, 1.807) is 26.0 Å². The first kappa shape index (κ1) is 12.2. The van der Waals surface area contributed by atoms with Gasteiger partial charge in [-0.05, 0) is 17.7 Å². The Labute approximate surface area is 105 Å². The molecule has 0 spiro atoms. The molecule has 1 aliphatic heterocycles. The number of imide groups is 1. The summed E-state index contributed by atoms with van der Waals surface area (Å²) >= 11 is 0. The van der Waals surface area contributed by atoms with E-state index in [4.69, 9.17) is 5.26 Å². The lowest BCUT2D eigenvalue weighted by atomic mass is 9.92. The number of aromatic nitrogens is 1. The van der Waals surface area contributed by atoms with Crippen LogP contribution in [0.3, 0.4) is 0 Å². The van der Waals surface area contributed by atoms with Crippen molar-refractivity contribution in [1.29, 1.82) is 5.26 Å². The summed E-state index contributed by atoms with van der Waals surface area (Å²) in [5.74, 6) is -0.330. The van der Waals surface area contributed by atoms with Gasteiger partial charge < -0.3 is 0 Å². The monoisotopic (exact) mass is 243 g/mol. The highest BCUT2D eigenvalue weighted by Crippen LogP contribution is 2.32. The summed E-state index contributed by atoms with van der Waals surface area (Å²) in [6, 6.07) is 5.22. The Kier molecular flexibility index (Phi) is 2.87. The summed E-state index contributed by atoms with van der Waals surface area (Å²) in [5, 5.41) is 8.75. The fourth-order valence-electron chi connectivity index (χ4n) is 2.00. The first-order valence-corrected chi connectivity index (χ1v) is 5.64. The molecule has 0 aliphatic carbocycles. The summed E-state index contributed by atoms with van der Waals surface area (Å²) in [6.45, 7) is 3.74. The van der Waals surface area contributed by atoms with Gasteiger partial charge in [0.05, 0.1) is 12.0 Å². The zero-order valence-corrected chi connectivity index (χ0v) is 10.3. The molecule has 0 unspecified atom stereocenters. The lowest BCUT2D eigenvalue weighted by molar-refractivity contribution is -0.141. The second-order valence-corrected chi connectivity index (χ2v) is 5.01. The molecule has 2 rings (SSSR count). The van der Waals surface area contributed by atoms with Gasteiger partial charge in [-0.3, -0.25) is 14.5 Å². The van der Waals surface area contributed by atoms with E-state index >= 15 is 0 Å². The standard InChI is InChI=1S/C13H13N3O2/c1-13(2)6-11(17)16(12(13)18)8-9-3-4-15-10(5-9)7-14/h3-5H,6,8H2,1-2H3.